The summed E-state index contributed by atoms with van der Waals surface area (Å²) in [5.74, 6) is 0.536. The Labute approximate surface area is 128 Å². The third-order valence-corrected chi connectivity index (χ3v) is 2.86. The molecule has 2 rings (SSSR count). The lowest BCUT2D eigenvalue weighted by Crippen LogP contribution is -2.30. The molecule has 0 saturated heterocycles. The van der Waals surface area contributed by atoms with Crippen LogP contribution in [0.15, 0.2) is 34.9 Å². The highest BCUT2D eigenvalue weighted by Gasteiger charge is 2.12. The van der Waals surface area contributed by atoms with Gasteiger partial charge in [0.1, 0.15) is 11.5 Å². The lowest BCUT2D eigenvalue weighted by molar-refractivity contribution is -0.114. The summed E-state index contributed by atoms with van der Waals surface area (Å²) in [6.07, 6.45) is 0. The van der Waals surface area contributed by atoms with E-state index in [-0.39, 0.29) is 11.9 Å². The van der Waals surface area contributed by atoms with Crippen LogP contribution in [0.3, 0.4) is 0 Å². The molecule has 0 saturated carbocycles. The summed E-state index contributed by atoms with van der Waals surface area (Å²) in [6.45, 7) is 3.57. The Balaban J connectivity index is 1.97. The van der Waals surface area contributed by atoms with Gasteiger partial charge in [0.05, 0.1) is 6.54 Å². The molecule has 1 aromatic heterocycles. The van der Waals surface area contributed by atoms with Gasteiger partial charge in [0.2, 0.25) is 5.91 Å². The summed E-state index contributed by atoms with van der Waals surface area (Å²) < 4.78 is 4.97. The SMILES string of the molecule is CC(=O)Nc1cccc(NC(=O)N(C)Cc2cc(C)on2)c1. The predicted octanol–water partition coefficient (Wildman–Crippen LogP) is 2.61. The zero-order valence-corrected chi connectivity index (χ0v) is 12.7. The molecule has 2 N–H and O–H groups in total. The van der Waals surface area contributed by atoms with Crippen molar-refractivity contribution in [2.45, 2.75) is 20.4 Å². The molecule has 3 amide bonds. The van der Waals surface area contributed by atoms with Crippen LogP contribution in [0.25, 0.3) is 0 Å². The van der Waals surface area contributed by atoms with Crippen LogP contribution in [0.5, 0.6) is 0 Å². The minimum atomic E-state index is -0.277. The first-order valence-corrected chi connectivity index (χ1v) is 6.76. The highest BCUT2D eigenvalue weighted by molar-refractivity contribution is 5.92. The van der Waals surface area contributed by atoms with Gasteiger partial charge in [-0.15, -0.1) is 0 Å². The van der Waals surface area contributed by atoms with Gasteiger partial charge in [0.25, 0.3) is 0 Å². The number of benzene rings is 1. The molecule has 0 fully saturated rings. The van der Waals surface area contributed by atoms with Crippen molar-refractivity contribution >= 4 is 23.3 Å². The average molecular weight is 302 g/mol. The summed E-state index contributed by atoms with van der Waals surface area (Å²) in [4.78, 5) is 24.7. The topological polar surface area (TPSA) is 87.5 Å². The van der Waals surface area contributed by atoms with Crippen LogP contribution in [-0.2, 0) is 11.3 Å². The van der Waals surface area contributed by atoms with Crippen molar-refractivity contribution in [1.29, 1.82) is 0 Å². The van der Waals surface area contributed by atoms with Crippen LogP contribution in [0.2, 0.25) is 0 Å². The number of carbonyl (C=O) groups excluding carboxylic acids is 2. The summed E-state index contributed by atoms with van der Waals surface area (Å²) in [7, 11) is 1.66. The quantitative estimate of drug-likeness (QED) is 0.908. The van der Waals surface area contributed by atoms with E-state index < -0.39 is 0 Å². The molecule has 0 bridgehead atoms. The minimum Gasteiger partial charge on any atom is -0.361 e. The number of hydrogen-bond donors (Lipinski definition) is 2. The normalized spacial score (nSPS) is 10.1. The number of aromatic nitrogens is 1. The van der Waals surface area contributed by atoms with E-state index in [2.05, 4.69) is 15.8 Å². The Kier molecular flexibility index (Phi) is 4.77. The molecule has 1 heterocycles. The molecule has 0 spiro atoms. The van der Waals surface area contributed by atoms with Crippen molar-refractivity contribution in [1.82, 2.24) is 10.1 Å². The van der Waals surface area contributed by atoms with Crippen molar-refractivity contribution < 1.29 is 14.1 Å². The van der Waals surface area contributed by atoms with Crippen molar-refractivity contribution in [2.75, 3.05) is 17.7 Å². The van der Waals surface area contributed by atoms with E-state index in [0.717, 1.165) is 0 Å². The second-order valence-electron chi connectivity index (χ2n) is 4.98. The number of urea groups is 1. The predicted molar refractivity (Wildman–Crippen MR) is 82.5 cm³/mol. The first-order valence-electron chi connectivity index (χ1n) is 6.76. The number of anilines is 2. The van der Waals surface area contributed by atoms with E-state index in [4.69, 9.17) is 4.52 Å². The Morgan fingerprint density at radius 2 is 1.91 bits per heavy atom. The smallest absolute Gasteiger partial charge is 0.321 e. The van der Waals surface area contributed by atoms with Gasteiger partial charge in [-0.25, -0.2) is 4.79 Å². The molecular weight excluding hydrogens is 284 g/mol. The maximum absolute atomic E-state index is 12.1. The highest BCUT2D eigenvalue weighted by Crippen LogP contribution is 2.16. The summed E-state index contributed by atoms with van der Waals surface area (Å²) in [5, 5.41) is 9.27. The lowest BCUT2D eigenvalue weighted by atomic mass is 10.2. The Morgan fingerprint density at radius 1 is 1.23 bits per heavy atom. The van der Waals surface area contributed by atoms with E-state index in [9.17, 15) is 9.59 Å². The molecule has 22 heavy (non-hydrogen) atoms. The first kappa shape index (κ1) is 15.6. The molecular formula is C15H18N4O3. The number of nitrogens with zero attached hydrogens (tertiary/aromatic N) is 2. The van der Waals surface area contributed by atoms with E-state index in [1.807, 2.05) is 0 Å². The van der Waals surface area contributed by atoms with E-state index in [0.29, 0.717) is 29.4 Å². The third-order valence-electron chi connectivity index (χ3n) is 2.86. The Bertz CT molecular complexity index is 681. The van der Waals surface area contributed by atoms with Gasteiger partial charge < -0.3 is 20.1 Å². The third kappa shape index (κ3) is 4.34. The zero-order valence-electron chi connectivity index (χ0n) is 12.7. The van der Waals surface area contributed by atoms with Gasteiger partial charge in [-0.3, -0.25) is 4.79 Å². The maximum atomic E-state index is 12.1. The number of aryl methyl sites for hydroxylation is 1. The van der Waals surface area contributed by atoms with Crippen LogP contribution in [-0.4, -0.2) is 29.0 Å². The molecule has 1 aromatic carbocycles. The van der Waals surface area contributed by atoms with Gasteiger partial charge in [0.15, 0.2) is 0 Å². The number of amides is 3. The second-order valence-corrected chi connectivity index (χ2v) is 4.98. The number of nitrogens with one attached hydrogen (secondary N) is 2. The lowest BCUT2D eigenvalue weighted by Gasteiger charge is -2.17. The molecule has 0 aliphatic rings. The fraction of sp³-hybridized carbons (Fsp3) is 0.267. The zero-order chi connectivity index (χ0) is 16.1. The van der Waals surface area contributed by atoms with E-state index >= 15 is 0 Å². The van der Waals surface area contributed by atoms with Crippen LogP contribution in [0.1, 0.15) is 18.4 Å². The molecule has 0 unspecified atom stereocenters. The number of hydrogen-bond acceptors (Lipinski definition) is 4. The fourth-order valence-corrected chi connectivity index (χ4v) is 1.90. The molecule has 2 aromatic rings. The average Bonchev–Trinajstić information content (AvgIpc) is 2.83. The van der Waals surface area contributed by atoms with Crippen LogP contribution in [0.4, 0.5) is 16.2 Å². The molecule has 0 aliphatic carbocycles. The minimum absolute atomic E-state index is 0.165. The summed E-state index contributed by atoms with van der Waals surface area (Å²) in [5.41, 5.74) is 1.90. The second kappa shape index (κ2) is 6.75. The van der Waals surface area contributed by atoms with Gasteiger partial charge in [0, 0.05) is 31.4 Å². The molecule has 116 valence electrons. The van der Waals surface area contributed by atoms with E-state index in [1.54, 1.807) is 44.3 Å². The van der Waals surface area contributed by atoms with Crippen molar-refractivity contribution in [2.24, 2.45) is 0 Å². The Hall–Kier alpha value is -2.83. The molecule has 0 atom stereocenters. The Morgan fingerprint density at radius 3 is 2.50 bits per heavy atom. The molecule has 7 heteroatoms. The standard InChI is InChI=1S/C15H18N4O3/c1-10-7-14(18-22-10)9-19(3)15(21)17-13-6-4-5-12(8-13)16-11(2)20/h4-8H,9H2,1-3H3,(H,16,20)(H,17,21). The monoisotopic (exact) mass is 302 g/mol. The summed E-state index contributed by atoms with van der Waals surface area (Å²) >= 11 is 0. The van der Waals surface area contributed by atoms with Crippen molar-refractivity contribution in [3.63, 3.8) is 0 Å². The molecule has 7 nitrogen and oxygen atoms in total. The van der Waals surface area contributed by atoms with Crippen LogP contribution < -0.4 is 10.6 Å². The van der Waals surface area contributed by atoms with E-state index in [1.165, 1.54) is 11.8 Å². The maximum Gasteiger partial charge on any atom is 0.321 e. The van der Waals surface area contributed by atoms with Crippen molar-refractivity contribution in [3.05, 3.63) is 41.8 Å². The van der Waals surface area contributed by atoms with Crippen LogP contribution >= 0.6 is 0 Å². The van der Waals surface area contributed by atoms with Gasteiger partial charge >= 0.3 is 6.03 Å². The molecule has 0 radical (unpaired) electrons. The molecule has 0 aliphatic heterocycles. The van der Waals surface area contributed by atoms with Crippen molar-refractivity contribution in [3.8, 4) is 0 Å². The highest BCUT2D eigenvalue weighted by atomic mass is 16.5. The first-order chi connectivity index (χ1) is 10.4. The number of rotatable bonds is 4. The number of carbonyl (C=O) groups is 2. The van der Waals surface area contributed by atoms with Gasteiger partial charge in [-0.1, -0.05) is 11.2 Å². The summed E-state index contributed by atoms with van der Waals surface area (Å²) in [6, 6.07) is 8.44. The fourth-order valence-electron chi connectivity index (χ4n) is 1.90. The largest absolute Gasteiger partial charge is 0.361 e. The van der Waals surface area contributed by atoms with Gasteiger partial charge in [-0.05, 0) is 25.1 Å². The van der Waals surface area contributed by atoms with Gasteiger partial charge in [-0.2, -0.15) is 0 Å². The van der Waals surface area contributed by atoms with Crippen LogP contribution in [0, 0.1) is 6.92 Å².